The first-order chi connectivity index (χ1) is 7.18. The minimum Gasteiger partial charge on any atom is -0.490 e. The summed E-state index contributed by atoms with van der Waals surface area (Å²) in [4.78, 5) is 0. The van der Waals surface area contributed by atoms with E-state index in [-0.39, 0.29) is 0 Å². The molecule has 1 N–H and O–H groups in total. The fraction of sp³-hybridized carbons (Fsp3) is 0.727. The van der Waals surface area contributed by atoms with Crippen LogP contribution in [0.15, 0.2) is 12.4 Å². The van der Waals surface area contributed by atoms with Crippen molar-refractivity contribution < 1.29 is 4.74 Å². The highest BCUT2D eigenvalue weighted by Crippen LogP contribution is 2.06. The van der Waals surface area contributed by atoms with E-state index in [2.05, 4.69) is 24.3 Å². The summed E-state index contributed by atoms with van der Waals surface area (Å²) in [5, 5.41) is 7.41. The van der Waals surface area contributed by atoms with Gasteiger partial charge in [0.15, 0.2) is 5.75 Å². The third-order valence-electron chi connectivity index (χ3n) is 2.00. The normalized spacial score (nSPS) is 10.9. The summed E-state index contributed by atoms with van der Waals surface area (Å²) in [7, 11) is 1.89. The van der Waals surface area contributed by atoms with Gasteiger partial charge < -0.3 is 10.1 Å². The molecule has 0 unspecified atom stereocenters. The van der Waals surface area contributed by atoms with Crippen molar-refractivity contribution in [1.82, 2.24) is 15.1 Å². The molecule has 0 fully saturated rings. The van der Waals surface area contributed by atoms with Crippen molar-refractivity contribution in [2.45, 2.75) is 20.3 Å². The molecule has 1 aromatic rings. The molecule has 0 aliphatic heterocycles. The van der Waals surface area contributed by atoms with Crippen molar-refractivity contribution in [3.8, 4) is 5.75 Å². The Hall–Kier alpha value is -1.03. The molecule has 0 spiro atoms. The zero-order valence-electron chi connectivity index (χ0n) is 9.86. The highest BCUT2D eigenvalue weighted by molar-refractivity contribution is 5.10. The van der Waals surface area contributed by atoms with Crippen LogP contribution >= 0.6 is 0 Å². The zero-order valence-corrected chi connectivity index (χ0v) is 9.86. The SMILES string of the molecule is CC(C)CNCCCOc1cnn(C)c1. The fourth-order valence-corrected chi connectivity index (χ4v) is 1.25. The van der Waals surface area contributed by atoms with Crippen LogP contribution in [0.2, 0.25) is 0 Å². The van der Waals surface area contributed by atoms with Crippen LogP contribution in [0.4, 0.5) is 0 Å². The van der Waals surface area contributed by atoms with Gasteiger partial charge in [-0.25, -0.2) is 0 Å². The molecule has 0 amide bonds. The van der Waals surface area contributed by atoms with Crippen molar-refractivity contribution in [3.63, 3.8) is 0 Å². The minimum atomic E-state index is 0.712. The second kappa shape index (κ2) is 6.45. The van der Waals surface area contributed by atoms with Crippen molar-refractivity contribution >= 4 is 0 Å². The average Bonchev–Trinajstić information content (AvgIpc) is 2.57. The first-order valence-corrected chi connectivity index (χ1v) is 5.50. The first kappa shape index (κ1) is 12.0. The molecular formula is C11H21N3O. The molecule has 0 atom stereocenters. The Bertz CT molecular complexity index is 271. The number of aromatic nitrogens is 2. The number of aryl methyl sites for hydroxylation is 1. The molecule has 0 saturated carbocycles. The number of hydrogen-bond acceptors (Lipinski definition) is 3. The molecule has 0 bridgehead atoms. The summed E-state index contributed by atoms with van der Waals surface area (Å²) in [5.41, 5.74) is 0. The van der Waals surface area contributed by atoms with E-state index in [1.165, 1.54) is 0 Å². The lowest BCUT2D eigenvalue weighted by molar-refractivity contribution is 0.307. The van der Waals surface area contributed by atoms with E-state index in [1.54, 1.807) is 10.9 Å². The fourth-order valence-electron chi connectivity index (χ4n) is 1.25. The molecular weight excluding hydrogens is 190 g/mol. The quantitative estimate of drug-likeness (QED) is 0.694. The van der Waals surface area contributed by atoms with Crippen LogP contribution in [0.25, 0.3) is 0 Å². The minimum absolute atomic E-state index is 0.712. The molecule has 0 saturated heterocycles. The molecule has 0 aliphatic carbocycles. The van der Waals surface area contributed by atoms with Crippen LogP contribution in [-0.2, 0) is 7.05 Å². The Morgan fingerprint density at radius 1 is 1.53 bits per heavy atom. The predicted octanol–water partition coefficient (Wildman–Crippen LogP) is 1.43. The molecule has 1 aromatic heterocycles. The summed E-state index contributed by atoms with van der Waals surface area (Å²) in [5.74, 6) is 1.56. The second-order valence-electron chi connectivity index (χ2n) is 4.15. The first-order valence-electron chi connectivity index (χ1n) is 5.50. The van der Waals surface area contributed by atoms with Crippen LogP contribution in [0, 0.1) is 5.92 Å². The van der Waals surface area contributed by atoms with Crippen LogP contribution in [0.1, 0.15) is 20.3 Å². The topological polar surface area (TPSA) is 39.1 Å². The summed E-state index contributed by atoms with van der Waals surface area (Å²) in [6.07, 6.45) is 4.64. The maximum Gasteiger partial charge on any atom is 0.157 e. The van der Waals surface area contributed by atoms with E-state index in [4.69, 9.17) is 4.74 Å². The van der Waals surface area contributed by atoms with Gasteiger partial charge in [-0.15, -0.1) is 0 Å². The van der Waals surface area contributed by atoms with Gasteiger partial charge in [0.25, 0.3) is 0 Å². The molecule has 4 nitrogen and oxygen atoms in total. The Balaban J connectivity index is 1.98. The Labute approximate surface area is 91.6 Å². The Morgan fingerprint density at radius 2 is 2.33 bits per heavy atom. The van der Waals surface area contributed by atoms with E-state index in [0.717, 1.165) is 31.9 Å². The molecule has 4 heteroatoms. The van der Waals surface area contributed by atoms with E-state index in [1.807, 2.05) is 13.2 Å². The maximum atomic E-state index is 5.51. The van der Waals surface area contributed by atoms with Gasteiger partial charge >= 0.3 is 0 Å². The van der Waals surface area contributed by atoms with Crippen LogP contribution in [0.5, 0.6) is 5.75 Å². The molecule has 1 heterocycles. The maximum absolute atomic E-state index is 5.51. The van der Waals surface area contributed by atoms with Crippen LogP contribution < -0.4 is 10.1 Å². The lowest BCUT2D eigenvalue weighted by atomic mass is 10.2. The monoisotopic (exact) mass is 211 g/mol. The van der Waals surface area contributed by atoms with Crippen LogP contribution in [0.3, 0.4) is 0 Å². The van der Waals surface area contributed by atoms with E-state index < -0.39 is 0 Å². The second-order valence-corrected chi connectivity index (χ2v) is 4.15. The highest BCUT2D eigenvalue weighted by atomic mass is 16.5. The summed E-state index contributed by atoms with van der Waals surface area (Å²) >= 11 is 0. The van der Waals surface area contributed by atoms with Crippen molar-refractivity contribution in [1.29, 1.82) is 0 Å². The van der Waals surface area contributed by atoms with Gasteiger partial charge in [0.1, 0.15) is 0 Å². The number of hydrogen-bond donors (Lipinski definition) is 1. The third-order valence-corrected chi connectivity index (χ3v) is 2.00. The Kier molecular flexibility index (Phi) is 5.18. The number of nitrogens with zero attached hydrogens (tertiary/aromatic N) is 2. The molecule has 0 radical (unpaired) electrons. The average molecular weight is 211 g/mol. The van der Waals surface area contributed by atoms with E-state index >= 15 is 0 Å². The summed E-state index contributed by atoms with van der Waals surface area (Å²) in [6, 6.07) is 0. The predicted molar refractivity (Wildman–Crippen MR) is 61.0 cm³/mol. The largest absolute Gasteiger partial charge is 0.490 e. The van der Waals surface area contributed by atoms with Crippen molar-refractivity contribution in [2.24, 2.45) is 13.0 Å². The highest BCUT2D eigenvalue weighted by Gasteiger charge is 1.96. The van der Waals surface area contributed by atoms with Gasteiger partial charge in [-0.05, 0) is 25.4 Å². The Morgan fingerprint density at radius 3 is 2.93 bits per heavy atom. The number of nitrogens with one attached hydrogen (secondary N) is 1. The standard InChI is InChI=1S/C11H21N3O/c1-10(2)7-12-5-4-6-15-11-8-13-14(3)9-11/h8-10,12H,4-7H2,1-3H3. The van der Waals surface area contributed by atoms with Crippen molar-refractivity contribution in [3.05, 3.63) is 12.4 Å². The molecule has 1 rings (SSSR count). The zero-order chi connectivity index (χ0) is 11.1. The molecule has 0 aromatic carbocycles. The number of rotatable bonds is 7. The van der Waals surface area contributed by atoms with Gasteiger partial charge in [0.2, 0.25) is 0 Å². The summed E-state index contributed by atoms with van der Waals surface area (Å²) < 4.78 is 7.25. The van der Waals surface area contributed by atoms with Crippen LogP contribution in [-0.4, -0.2) is 29.5 Å². The van der Waals surface area contributed by atoms with Crippen molar-refractivity contribution in [2.75, 3.05) is 19.7 Å². The van der Waals surface area contributed by atoms with E-state index in [0.29, 0.717) is 5.92 Å². The lowest BCUT2D eigenvalue weighted by Crippen LogP contribution is -2.22. The smallest absolute Gasteiger partial charge is 0.157 e. The lowest BCUT2D eigenvalue weighted by Gasteiger charge is -2.07. The molecule has 0 aliphatic rings. The van der Waals surface area contributed by atoms with Gasteiger partial charge in [0.05, 0.1) is 19.0 Å². The van der Waals surface area contributed by atoms with Gasteiger partial charge in [-0.3, -0.25) is 4.68 Å². The third kappa shape index (κ3) is 5.42. The van der Waals surface area contributed by atoms with Gasteiger partial charge in [-0.1, -0.05) is 13.8 Å². The van der Waals surface area contributed by atoms with E-state index in [9.17, 15) is 0 Å². The summed E-state index contributed by atoms with van der Waals surface area (Å²) in [6.45, 7) is 7.25. The molecule has 86 valence electrons. The number of ether oxygens (including phenoxy) is 1. The van der Waals surface area contributed by atoms with Gasteiger partial charge in [0, 0.05) is 7.05 Å². The molecule has 15 heavy (non-hydrogen) atoms. The van der Waals surface area contributed by atoms with Gasteiger partial charge in [-0.2, -0.15) is 5.10 Å².